The SMILES string of the molecule is COc1ccc2nc(NCCCS(C)(=O)=O)sc2c1. The fraction of sp³-hybridized carbons (Fsp3) is 0.417. The molecule has 0 unspecified atom stereocenters. The summed E-state index contributed by atoms with van der Waals surface area (Å²) < 4.78 is 28.2. The molecule has 0 fully saturated rings. The van der Waals surface area contributed by atoms with E-state index in [1.807, 2.05) is 18.2 Å². The second kappa shape index (κ2) is 5.75. The fourth-order valence-corrected chi connectivity index (χ4v) is 3.23. The summed E-state index contributed by atoms with van der Waals surface area (Å²) in [6, 6.07) is 5.72. The lowest BCUT2D eigenvalue weighted by Gasteiger charge is -2.00. The highest BCUT2D eigenvalue weighted by Crippen LogP contribution is 2.28. The Morgan fingerprint density at radius 1 is 1.42 bits per heavy atom. The largest absolute Gasteiger partial charge is 0.497 e. The van der Waals surface area contributed by atoms with Crippen molar-refractivity contribution in [3.8, 4) is 5.75 Å². The maximum Gasteiger partial charge on any atom is 0.183 e. The van der Waals surface area contributed by atoms with E-state index in [0.29, 0.717) is 13.0 Å². The van der Waals surface area contributed by atoms with Crippen LogP contribution in [0.1, 0.15) is 6.42 Å². The molecule has 7 heteroatoms. The predicted molar refractivity (Wildman–Crippen MR) is 79.0 cm³/mol. The Labute approximate surface area is 116 Å². The third-order valence-corrected chi connectivity index (χ3v) is 4.57. The first-order valence-corrected chi connectivity index (χ1v) is 8.72. The molecule has 0 radical (unpaired) electrons. The molecule has 1 aromatic heterocycles. The maximum absolute atomic E-state index is 11.0. The standard InChI is InChI=1S/C12H16N2O3S2/c1-17-9-4-5-10-11(8-9)18-12(14-10)13-6-3-7-19(2,15)16/h4-5,8H,3,6-7H2,1-2H3,(H,13,14). The van der Waals surface area contributed by atoms with Gasteiger partial charge in [-0.2, -0.15) is 0 Å². The van der Waals surface area contributed by atoms with E-state index in [-0.39, 0.29) is 5.75 Å². The van der Waals surface area contributed by atoms with Gasteiger partial charge in [-0.1, -0.05) is 11.3 Å². The number of nitrogens with one attached hydrogen (secondary N) is 1. The molecule has 0 aliphatic rings. The number of rotatable bonds is 6. The van der Waals surface area contributed by atoms with Crippen molar-refractivity contribution in [3.05, 3.63) is 18.2 Å². The van der Waals surface area contributed by atoms with Crippen LogP contribution in [0.4, 0.5) is 5.13 Å². The van der Waals surface area contributed by atoms with Gasteiger partial charge in [0.2, 0.25) is 0 Å². The van der Waals surface area contributed by atoms with Crippen LogP contribution in [0.5, 0.6) is 5.75 Å². The molecule has 19 heavy (non-hydrogen) atoms. The van der Waals surface area contributed by atoms with Gasteiger partial charge in [0, 0.05) is 12.8 Å². The molecule has 1 heterocycles. The summed E-state index contributed by atoms with van der Waals surface area (Å²) in [7, 11) is -1.25. The van der Waals surface area contributed by atoms with Crippen LogP contribution >= 0.6 is 11.3 Å². The van der Waals surface area contributed by atoms with E-state index < -0.39 is 9.84 Å². The second-order valence-electron chi connectivity index (χ2n) is 4.26. The van der Waals surface area contributed by atoms with Crippen LogP contribution in [0, 0.1) is 0 Å². The molecule has 2 rings (SSSR count). The Balaban J connectivity index is 1.98. The van der Waals surface area contributed by atoms with Gasteiger partial charge in [0.25, 0.3) is 0 Å². The highest BCUT2D eigenvalue weighted by Gasteiger charge is 2.05. The van der Waals surface area contributed by atoms with E-state index in [1.54, 1.807) is 7.11 Å². The van der Waals surface area contributed by atoms with Crippen molar-refractivity contribution in [2.45, 2.75) is 6.42 Å². The number of ether oxygens (including phenoxy) is 1. The van der Waals surface area contributed by atoms with Crippen molar-refractivity contribution in [1.29, 1.82) is 0 Å². The average Bonchev–Trinajstić information content (AvgIpc) is 2.75. The summed E-state index contributed by atoms with van der Waals surface area (Å²) in [6.07, 6.45) is 1.83. The average molecular weight is 300 g/mol. The lowest BCUT2D eigenvalue weighted by Crippen LogP contribution is -2.09. The van der Waals surface area contributed by atoms with Gasteiger partial charge < -0.3 is 10.1 Å². The zero-order valence-corrected chi connectivity index (χ0v) is 12.5. The van der Waals surface area contributed by atoms with Gasteiger partial charge in [-0.05, 0) is 24.6 Å². The number of nitrogens with zero attached hydrogens (tertiary/aromatic N) is 1. The summed E-state index contributed by atoms with van der Waals surface area (Å²) in [5, 5.41) is 3.95. The maximum atomic E-state index is 11.0. The molecule has 1 aromatic carbocycles. The van der Waals surface area contributed by atoms with E-state index >= 15 is 0 Å². The molecule has 0 saturated heterocycles. The highest BCUT2D eigenvalue weighted by molar-refractivity contribution is 7.90. The summed E-state index contributed by atoms with van der Waals surface area (Å²) in [5.74, 6) is 0.999. The molecule has 5 nitrogen and oxygen atoms in total. The fourth-order valence-electron chi connectivity index (χ4n) is 1.64. The number of methoxy groups -OCH3 is 1. The molecule has 0 aliphatic heterocycles. The van der Waals surface area contributed by atoms with Gasteiger partial charge in [0.15, 0.2) is 5.13 Å². The molecule has 0 saturated carbocycles. The molecule has 0 atom stereocenters. The molecule has 0 bridgehead atoms. The summed E-state index contributed by atoms with van der Waals surface area (Å²) in [5.41, 5.74) is 0.913. The molecular weight excluding hydrogens is 284 g/mol. The van der Waals surface area contributed by atoms with E-state index in [1.165, 1.54) is 17.6 Å². The lowest BCUT2D eigenvalue weighted by atomic mass is 10.3. The van der Waals surface area contributed by atoms with Crippen LogP contribution in [-0.4, -0.2) is 39.1 Å². The first kappa shape index (κ1) is 14.1. The molecule has 2 aromatic rings. The normalized spacial score (nSPS) is 11.7. The second-order valence-corrected chi connectivity index (χ2v) is 7.55. The Hall–Kier alpha value is -1.34. The Bertz CT molecular complexity index is 665. The smallest absolute Gasteiger partial charge is 0.183 e. The summed E-state index contributed by atoms with van der Waals surface area (Å²) >= 11 is 1.53. The van der Waals surface area contributed by atoms with Crippen molar-refractivity contribution in [1.82, 2.24) is 4.98 Å². The zero-order valence-electron chi connectivity index (χ0n) is 10.8. The van der Waals surface area contributed by atoms with Gasteiger partial charge in [-0.25, -0.2) is 13.4 Å². The Kier molecular flexibility index (Phi) is 4.26. The highest BCUT2D eigenvalue weighted by atomic mass is 32.2. The molecule has 1 N–H and O–H groups in total. The number of thiazole rings is 1. The van der Waals surface area contributed by atoms with E-state index in [9.17, 15) is 8.42 Å². The Morgan fingerprint density at radius 3 is 2.89 bits per heavy atom. The summed E-state index contributed by atoms with van der Waals surface area (Å²) in [4.78, 5) is 4.42. The number of aromatic nitrogens is 1. The Morgan fingerprint density at radius 2 is 2.21 bits per heavy atom. The third-order valence-electron chi connectivity index (χ3n) is 2.56. The number of hydrogen-bond acceptors (Lipinski definition) is 6. The van der Waals surface area contributed by atoms with Crippen molar-refractivity contribution in [2.75, 3.05) is 31.0 Å². The third kappa shape index (κ3) is 4.07. The van der Waals surface area contributed by atoms with Crippen LogP contribution in [0.2, 0.25) is 0 Å². The first-order valence-electron chi connectivity index (χ1n) is 5.84. The molecule has 0 spiro atoms. The van der Waals surface area contributed by atoms with Crippen LogP contribution in [0.25, 0.3) is 10.2 Å². The molecule has 0 amide bonds. The predicted octanol–water partition coefficient (Wildman–Crippen LogP) is 2.15. The number of anilines is 1. The number of sulfone groups is 1. The summed E-state index contributed by atoms with van der Waals surface area (Å²) in [6.45, 7) is 0.601. The minimum absolute atomic E-state index is 0.193. The van der Waals surface area contributed by atoms with Crippen LogP contribution < -0.4 is 10.1 Å². The van der Waals surface area contributed by atoms with E-state index in [2.05, 4.69) is 10.3 Å². The van der Waals surface area contributed by atoms with E-state index in [4.69, 9.17) is 4.74 Å². The van der Waals surface area contributed by atoms with Crippen molar-refractivity contribution >= 4 is 36.5 Å². The number of hydrogen-bond donors (Lipinski definition) is 1. The monoisotopic (exact) mass is 300 g/mol. The quantitative estimate of drug-likeness (QED) is 0.828. The van der Waals surface area contributed by atoms with E-state index in [0.717, 1.165) is 21.1 Å². The lowest BCUT2D eigenvalue weighted by molar-refractivity contribution is 0.415. The molecular formula is C12H16N2O3S2. The van der Waals surface area contributed by atoms with Crippen LogP contribution in [0.3, 0.4) is 0 Å². The van der Waals surface area contributed by atoms with Gasteiger partial charge >= 0.3 is 0 Å². The number of benzene rings is 1. The minimum Gasteiger partial charge on any atom is -0.497 e. The van der Waals surface area contributed by atoms with Crippen LogP contribution in [0.15, 0.2) is 18.2 Å². The number of fused-ring (bicyclic) bond motifs is 1. The van der Waals surface area contributed by atoms with Gasteiger partial charge in [0.05, 0.1) is 23.1 Å². The minimum atomic E-state index is -2.89. The first-order chi connectivity index (χ1) is 8.98. The molecule has 104 valence electrons. The topological polar surface area (TPSA) is 68.3 Å². The van der Waals surface area contributed by atoms with Crippen molar-refractivity contribution in [3.63, 3.8) is 0 Å². The zero-order chi connectivity index (χ0) is 13.9. The van der Waals surface area contributed by atoms with Gasteiger partial charge in [0.1, 0.15) is 15.6 Å². The van der Waals surface area contributed by atoms with Crippen LogP contribution in [-0.2, 0) is 9.84 Å². The van der Waals surface area contributed by atoms with Crippen molar-refractivity contribution in [2.24, 2.45) is 0 Å². The van der Waals surface area contributed by atoms with Crippen molar-refractivity contribution < 1.29 is 13.2 Å². The van der Waals surface area contributed by atoms with Gasteiger partial charge in [-0.15, -0.1) is 0 Å². The van der Waals surface area contributed by atoms with Gasteiger partial charge in [-0.3, -0.25) is 0 Å². The molecule has 0 aliphatic carbocycles.